The van der Waals surface area contributed by atoms with Crippen LogP contribution in [-0.4, -0.2) is 22.2 Å². The van der Waals surface area contributed by atoms with Crippen LogP contribution < -0.4 is 15.2 Å². The van der Waals surface area contributed by atoms with Gasteiger partial charge >= 0.3 is 6.36 Å². The lowest BCUT2D eigenvalue weighted by Crippen LogP contribution is -2.37. The Hall–Kier alpha value is -3.62. The van der Waals surface area contributed by atoms with Gasteiger partial charge in [0.15, 0.2) is 0 Å². The number of nitrogens with one attached hydrogen (secondary N) is 1. The second-order valence-electron chi connectivity index (χ2n) is 6.72. The summed E-state index contributed by atoms with van der Waals surface area (Å²) >= 11 is 0. The van der Waals surface area contributed by atoms with Crippen molar-refractivity contribution < 1.29 is 22.7 Å². The van der Waals surface area contributed by atoms with E-state index in [0.29, 0.717) is 29.7 Å². The molecule has 0 spiro atoms. The van der Waals surface area contributed by atoms with Crippen LogP contribution in [0.25, 0.3) is 0 Å². The summed E-state index contributed by atoms with van der Waals surface area (Å²) in [4.78, 5) is 33.4. The number of H-pyrrole nitrogens is 1. The molecule has 4 rings (SSSR count). The molecule has 6 nitrogen and oxygen atoms in total. The highest BCUT2D eigenvalue weighted by molar-refractivity contribution is 6.06. The Morgan fingerprint density at radius 3 is 2.60 bits per heavy atom. The zero-order valence-corrected chi connectivity index (χ0v) is 15.5. The van der Waals surface area contributed by atoms with Crippen molar-refractivity contribution in [1.82, 2.24) is 9.97 Å². The molecule has 2 aromatic heterocycles. The topological polar surface area (TPSA) is 75.3 Å². The normalized spacial score (nSPS) is 15.5. The second-order valence-corrected chi connectivity index (χ2v) is 6.72. The predicted molar refractivity (Wildman–Crippen MR) is 102 cm³/mol. The maximum absolute atomic E-state index is 13.4. The first-order chi connectivity index (χ1) is 14.3. The average molecular weight is 415 g/mol. The zero-order chi connectivity index (χ0) is 21.3. The van der Waals surface area contributed by atoms with Gasteiger partial charge in [0, 0.05) is 24.3 Å². The number of hydrogen-bond donors (Lipinski definition) is 1. The van der Waals surface area contributed by atoms with Crippen LogP contribution in [0.5, 0.6) is 5.75 Å². The van der Waals surface area contributed by atoms with Crippen LogP contribution in [0.2, 0.25) is 0 Å². The number of carbonyl (C=O) groups is 1. The van der Waals surface area contributed by atoms with Crippen molar-refractivity contribution >= 4 is 11.6 Å². The Morgan fingerprint density at radius 1 is 1.13 bits per heavy atom. The largest absolute Gasteiger partial charge is 0.573 e. The first-order valence-electron chi connectivity index (χ1n) is 9.14. The Morgan fingerprint density at radius 2 is 1.90 bits per heavy atom. The van der Waals surface area contributed by atoms with Crippen LogP contribution in [0.1, 0.15) is 33.9 Å². The molecule has 1 amide bonds. The Kier molecular flexibility index (Phi) is 5.03. The lowest BCUT2D eigenvalue weighted by atomic mass is 10.0. The molecule has 1 N–H and O–H groups in total. The van der Waals surface area contributed by atoms with Gasteiger partial charge in [-0.25, -0.2) is 0 Å². The van der Waals surface area contributed by atoms with E-state index in [9.17, 15) is 22.8 Å². The molecule has 0 radical (unpaired) electrons. The van der Waals surface area contributed by atoms with E-state index in [2.05, 4.69) is 14.7 Å². The average Bonchev–Trinajstić information content (AvgIpc) is 3.13. The molecule has 9 heteroatoms. The molecular weight excluding hydrogens is 399 g/mol. The van der Waals surface area contributed by atoms with Gasteiger partial charge in [0.2, 0.25) is 0 Å². The number of amides is 1. The quantitative estimate of drug-likeness (QED) is 0.699. The number of nitrogens with zero attached hydrogens (tertiary/aromatic N) is 2. The highest BCUT2D eigenvalue weighted by Gasteiger charge is 2.38. The summed E-state index contributed by atoms with van der Waals surface area (Å²) in [5.41, 5.74) is 0.820. The van der Waals surface area contributed by atoms with Crippen LogP contribution in [0, 0.1) is 0 Å². The van der Waals surface area contributed by atoms with Gasteiger partial charge in [0.1, 0.15) is 11.3 Å². The van der Waals surface area contributed by atoms with Gasteiger partial charge in [-0.05, 0) is 54.3 Å². The number of benzene rings is 1. The van der Waals surface area contributed by atoms with Gasteiger partial charge in [0.05, 0.1) is 6.04 Å². The molecule has 2 heterocycles. The summed E-state index contributed by atoms with van der Waals surface area (Å²) in [5, 5.41) is 0. The molecule has 1 aliphatic rings. The Balaban J connectivity index is 1.80. The third kappa shape index (κ3) is 3.78. The van der Waals surface area contributed by atoms with E-state index in [1.54, 1.807) is 18.2 Å². The highest BCUT2D eigenvalue weighted by Crippen LogP contribution is 2.43. The number of aromatic amines is 1. The molecule has 1 unspecified atom stereocenters. The zero-order valence-electron chi connectivity index (χ0n) is 15.5. The standard InChI is InChI=1S/C21H16F3N3O3/c22-21(23,24)30-18-5-1-3-14-15(18)6-7-17(14)27(13-8-11-25-12-9-13)20(29)16-4-2-10-26-19(16)28/h1-5,8-12,17H,6-7H2,(H,26,28). The minimum Gasteiger partial charge on any atom is -0.405 e. The van der Waals surface area contributed by atoms with Crippen molar-refractivity contribution in [2.75, 3.05) is 4.90 Å². The molecule has 0 bridgehead atoms. The van der Waals surface area contributed by atoms with Crippen LogP contribution >= 0.6 is 0 Å². The SMILES string of the molecule is O=C(c1ccc[nH]c1=O)N(c1ccncc1)C1CCc2c(OC(F)(F)F)cccc21. The summed E-state index contributed by atoms with van der Waals surface area (Å²) in [7, 11) is 0. The predicted octanol–water partition coefficient (Wildman–Crippen LogP) is 4.00. The highest BCUT2D eigenvalue weighted by atomic mass is 19.4. The summed E-state index contributed by atoms with van der Waals surface area (Å²) in [6, 6.07) is 10.0. The van der Waals surface area contributed by atoms with Crippen molar-refractivity contribution in [3.8, 4) is 5.75 Å². The van der Waals surface area contributed by atoms with Gasteiger partial charge in [0.25, 0.3) is 11.5 Å². The van der Waals surface area contributed by atoms with E-state index in [1.807, 2.05) is 0 Å². The van der Waals surface area contributed by atoms with Crippen molar-refractivity contribution in [3.63, 3.8) is 0 Å². The number of anilines is 1. The monoisotopic (exact) mass is 415 g/mol. The van der Waals surface area contributed by atoms with Crippen LogP contribution in [0.15, 0.2) is 65.8 Å². The third-order valence-corrected chi connectivity index (χ3v) is 4.94. The number of hydrogen-bond acceptors (Lipinski definition) is 4. The number of alkyl halides is 3. The van der Waals surface area contributed by atoms with Crippen molar-refractivity contribution in [3.05, 3.63) is 88.1 Å². The van der Waals surface area contributed by atoms with Crippen LogP contribution in [0.3, 0.4) is 0 Å². The van der Waals surface area contributed by atoms with Crippen LogP contribution in [-0.2, 0) is 6.42 Å². The Bertz CT molecular complexity index is 1130. The summed E-state index contributed by atoms with van der Waals surface area (Å²) in [5.74, 6) is -0.828. The van der Waals surface area contributed by atoms with Gasteiger partial charge in [-0.1, -0.05) is 12.1 Å². The van der Waals surface area contributed by atoms with Crippen LogP contribution in [0.4, 0.5) is 18.9 Å². The number of ether oxygens (including phenoxy) is 1. The molecule has 1 aromatic carbocycles. The molecule has 1 aliphatic carbocycles. The summed E-state index contributed by atoms with van der Waals surface area (Å²) < 4.78 is 42.6. The lowest BCUT2D eigenvalue weighted by Gasteiger charge is -2.30. The molecule has 3 aromatic rings. The van der Waals surface area contributed by atoms with E-state index in [4.69, 9.17) is 0 Å². The lowest BCUT2D eigenvalue weighted by molar-refractivity contribution is -0.274. The molecule has 0 saturated carbocycles. The van der Waals surface area contributed by atoms with Gasteiger partial charge in [-0.2, -0.15) is 0 Å². The fraction of sp³-hybridized carbons (Fsp3) is 0.190. The van der Waals surface area contributed by atoms with Gasteiger partial charge in [-0.15, -0.1) is 13.2 Å². The van der Waals surface area contributed by atoms with Crippen molar-refractivity contribution in [2.45, 2.75) is 25.2 Å². The number of fused-ring (bicyclic) bond motifs is 1. The fourth-order valence-corrected chi connectivity index (χ4v) is 3.75. The molecule has 154 valence electrons. The fourth-order valence-electron chi connectivity index (χ4n) is 3.75. The smallest absolute Gasteiger partial charge is 0.405 e. The first kappa shape index (κ1) is 19.7. The van der Waals surface area contributed by atoms with E-state index < -0.39 is 23.9 Å². The number of rotatable bonds is 4. The molecular formula is C21H16F3N3O3. The summed E-state index contributed by atoms with van der Waals surface area (Å²) in [6.45, 7) is 0. The van der Waals surface area contributed by atoms with Crippen molar-refractivity contribution in [2.24, 2.45) is 0 Å². The maximum atomic E-state index is 13.4. The minimum atomic E-state index is -4.81. The number of carbonyl (C=O) groups excluding carboxylic acids is 1. The molecule has 0 aliphatic heterocycles. The van der Waals surface area contributed by atoms with E-state index in [1.165, 1.54) is 47.8 Å². The maximum Gasteiger partial charge on any atom is 0.573 e. The number of pyridine rings is 2. The van der Waals surface area contributed by atoms with Gasteiger partial charge < -0.3 is 14.6 Å². The van der Waals surface area contributed by atoms with E-state index >= 15 is 0 Å². The van der Waals surface area contributed by atoms with Gasteiger partial charge in [-0.3, -0.25) is 14.6 Å². The molecule has 0 saturated heterocycles. The molecule has 0 fully saturated rings. The minimum absolute atomic E-state index is 0.0644. The number of halogens is 3. The van der Waals surface area contributed by atoms with E-state index in [-0.39, 0.29) is 11.3 Å². The first-order valence-corrected chi connectivity index (χ1v) is 9.14. The third-order valence-electron chi connectivity index (χ3n) is 4.94. The number of aromatic nitrogens is 2. The molecule has 1 atom stereocenters. The second kappa shape index (κ2) is 7.66. The Labute approximate surface area is 168 Å². The van der Waals surface area contributed by atoms with Crippen molar-refractivity contribution in [1.29, 1.82) is 0 Å². The van der Waals surface area contributed by atoms with E-state index in [0.717, 1.165) is 0 Å². The summed E-state index contributed by atoms with van der Waals surface area (Å²) in [6.07, 6.45) is 0.291. The molecule has 30 heavy (non-hydrogen) atoms.